The van der Waals surface area contributed by atoms with E-state index in [2.05, 4.69) is 310 Å². The van der Waals surface area contributed by atoms with Crippen molar-refractivity contribution < 1.29 is 49.0 Å². The minimum atomic E-state index is -0.0580. The van der Waals surface area contributed by atoms with Crippen LogP contribution in [-0.2, 0) is 45.6 Å². The van der Waals surface area contributed by atoms with Crippen molar-refractivity contribution in [3.05, 3.63) is 313 Å². The molecule has 0 bridgehead atoms. The topological polar surface area (TPSA) is 52.1 Å². The number of furan rings is 2. The van der Waals surface area contributed by atoms with E-state index < -0.39 is 0 Å². The van der Waals surface area contributed by atoms with Gasteiger partial charge in [0.1, 0.15) is 22.3 Å². The zero-order chi connectivity index (χ0) is 64.6. The molecule has 2 radical (unpaired) electrons. The summed E-state index contributed by atoms with van der Waals surface area (Å²) >= 11 is 0. The van der Waals surface area contributed by atoms with Gasteiger partial charge in [0.25, 0.3) is 0 Å². The summed E-state index contributed by atoms with van der Waals surface area (Å²) < 4.78 is 13.3. The number of hydrogen-bond acceptors (Lipinski definition) is 4. The van der Waals surface area contributed by atoms with E-state index in [4.69, 9.17) is 18.8 Å². The van der Waals surface area contributed by atoms with Crippen LogP contribution in [0.3, 0.4) is 0 Å². The van der Waals surface area contributed by atoms with Crippen molar-refractivity contribution in [3.63, 3.8) is 0 Å². The van der Waals surface area contributed by atoms with Crippen molar-refractivity contribution in [2.75, 3.05) is 0 Å². The normalized spacial score (nSPS) is 11.5. The molecule has 0 saturated carbocycles. The van der Waals surface area contributed by atoms with Gasteiger partial charge in [-0.15, -0.1) is 47.5 Å². The van der Waals surface area contributed by atoms with Gasteiger partial charge < -0.3 is 18.8 Å². The number of benzene rings is 12. The average molecular weight is 1610 g/mol. The third-order valence-electron chi connectivity index (χ3n) is 19.7. The predicted octanol–water partition coefficient (Wildman–Crippen LogP) is 25.0. The fraction of sp³-hybridized carbons (Fsp3) is 0.0989. The van der Waals surface area contributed by atoms with E-state index in [1.54, 1.807) is 0 Å². The summed E-state index contributed by atoms with van der Waals surface area (Å²) in [5.41, 5.74) is 34.4. The quantitative estimate of drug-likeness (QED) is 0.121. The van der Waals surface area contributed by atoms with Crippen LogP contribution in [0.4, 0.5) is 0 Å². The molecule has 0 N–H and O–H groups in total. The van der Waals surface area contributed by atoms with Gasteiger partial charge in [-0.3, -0.25) is 0 Å². The zero-order valence-electron chi connectivity index (χ0n) is 55.3. The summed E-state index contributed by atoms with van der Waals surface area (Å²) in [6.07, 6.45) is 3.94. The van der Waals surface area contributed by atoms with E-state index in [-0.39, 0.29) is 45.6 Å². The van der Waals surface area contributed by atoms with Crippen LogP contribution in [0.1, 0.15) is 54.2 Å². The molecule has 6 heteroatoms. The minimum absolute atomic E-state index is 0. The summed E-state index contributed by atoms with van der Waals surface area (Å²) in [7, 11) is 0. The Morgan fingerprint density at radius 2 is 0.711 bits per heavy atom. The molecule has 0 fully saturated rings. The first-order valence-electron chi connectivity index (χ1n) is 32.8. The number of aryl methyl sites for hydroxylation is 1. The molecule has 0 amide bonds. The number of nitrogens with zero attached hydrogens (tertiary/aromatic N) is 2. The third-order valence-corrected chi connectivity index (χ3v) is 19.7. The first-order chi connectivity index (χ1) is 46.3. The van der Waals surface area contributed by atoms with Gasteiger partial charge in [0.2, 0.25) is 0 Å². The van der Waals surface area contributed by atoms with Crippen LogP contribution in [0.2, 0.25) is 0 Å². The van der Waals surface area contributed by atoms with Crippen LogP contribution < -0.4 is 0 Å². The maximum atomic E-state index is 6.65. The van der Waals surface area contributed by atoms with Gasteiger partial charge in [0.15, 0.2) is 0 Å². The monoisotopic (exact) mass is 1610 g/mol. The first kappa shape index (κ1) is 64.2. The second-order valence-corrected chi connectivity index (χ2v) is 26.3. The number of hydrogen-bond donors (Lipinski definition) is 0. The molecule has 0 unspecified atom stereocenters. The molecule has 0 spiro atoms. The minimum Gasteiger partial charge on any atom is -0.455 e. The van der Waals surface area contributed by atoms with E-state index in [9.17, 15) is 0 Å². The SMILES string of the molecule is Cc1cc(-c2[c-]cc(-c3ccccc3-c3c(C)c(C)c(-c4ccccc4-c4c[c-]c(-c5cc(C(C)(C)C)ccn5)cc4-c4cccc(-c5cccc6c5oc5ccccc56)c4)c(C)c3C)c(-c3cccc(-c4cccc5c4oc4ccccc45)c3)c2)ncc1-c1ccccc1.[Ir].[Ir]. The summed E-state index contributed by atoms with van der Waals surface area (Å²) in [6, 6.07) is 98.9. The van der Waals surface area contributed by atoms with Crippen LogP contribution in [0.5, 0.6) is 0 Å². The van der Waals surface area contributed by atoms with Crippen molar-refractivity contribution in [2.24, 2.45) is 0 Å². The standard InChI is InChI=1S/C91H68N2O2.2Ir/c1-55-48-83(93-54-82(55)60-24-10-9-11-25-60)65-42-44-72(80(51-65)63-28-20-26-61(49-63)68-36-22-38-78-74-32-16-18-40-85(74)94-89(68)78)70-30-12-14-34-76(70)87-56(2)58(4)88(59(5)57(87)3)77-35-15-13-31-71(77)73-45-43-66(84-53-67(46-47-92-84)91(6,7)8)52-81(73)64-29-21-27-62(50-64)69-37-23-39-79-75-33-17-19-41-86(75)95-90(69)79;;/h9-41,44-54H,1-8H3;;/q-2;;. The second kappa shape index (κ2) is 26.1. The maximum Gasteiger partial charge on any atom is 0.143 e. The largest absolute Gasteiger partial charge is 0.455 e. The molecule has 0 saturated heterocycles. The van der Waals surface area contributed by atoms with Gasteiger partial charge in [-0.1, -0.05) is 254 Å². The Labute approximate surface area is 594 Å². The Kier molecular flexibility index (Phi) is 17.3. The van der Waals surface area contributed by atoms with Gasteiger partial charge in [0.05, 0.1) is 0 Å². The molecule has 0 aliphatic heterocycles. The van der Waals surface area contributed by atoms with E-state index >= 15 is 0 Å². The molecule has 0 aliphatic carbocycles. The number of pyridine rings is 2. The molecule has 474 valence electrons. The summed E-state index contributed by atoms with van der Waals surface area (Å²) in [6.45, 7) is 18.2. The Hall–Kier alpha value is -10.2. The van der Waals surface area contributed by atoms with Gasteiger partial charge in [-0.05, 0) is 165 Å². The van der Waals surface area contributed by atoms with Crippen molar-refractivity contribution >= 4 is 43.9 Å². The van der Waals surface area contributed by atoms with E-state index in [1.807, 2.05) is 24.5 Å². The Balaban J connectivity index is 0.00000403. The molecule has 0 aliphatic rings. The van der Waals surface area contributed by atoms with Crippen LogP contribution in [0.25, 0.3) is 167 Å². The smallest absolute Gasteiger partial charge is 0.143 e. The average Bonchev–Trinajstić information content (AvgIpc) is 1.15. The van der Waals surface area contributed by atoms with Crippen LogP contribution in [-0.4, -0.2) is 9.97 Å². The number of aromatic nitrogens is 2. The van der Waals surface area contributed by atoms with E-state index in [1.165, 1.54) is 44.5 Å². The van der Waals surface area contributed by atoms with E-state index in [0.29, 0.717) is 0 Å². The number of fused-ring (bicyclic) bond motifs is 6. The molecule has 4 heterocycles. The first-order valence-corrected chi connectivity index (χ1v) is 32.8. The van der Waals surface area contributed by atoms with Crippen LogP contribution >= 0.6 is 0 Å². The Morgan fingerprint density at radius 3 is 1.19 bits per heavy atom. The third kappa shape index (κ3) is 11.5. The summed E-state index contributed by atoms with van der Waals surface area (Å²) in [5, 5.41) is 4.43. The van der Waals surface area contributed by atoms with E-state index in [0.717, 1.165) is 155 Å². The fourth-order valence-electron chi connectivity index (χ4n) is 14.5. The maximum absolute atomic E-state index is 6.65. The number of rotatable bonds is 11. The van der Waals surface area contributed by atoms with Crippen molar-refractivity contribution in [1.29, 1.82) is 0 Å². The second-order valence-electron chi connectivity index (χ2n) is 26.3. The Bertz CT molecular complexity index is 5700. The summed E-state index contributed by atoms with van der Waals surface area (Å²) in [4.78, 5) is 10.1. The van der Waals surface area contributed by atoms with Crippen molar-refractivity contribution in [1.82, 2.24) is 9.97 Å². The zero-order valence-corrected chi connectivity index (χ0v) is 60.1. The number of para-hydroxylation sites is 4. The van der Waals surface area contributed by atoms with Gasteiger partial charge >= 0.3 is 0 Å². The summed E-state index contributed by atoms with van der Waals surface area (Å²) in [5.74, 6) is 0. The molecule has 4 aromatic heterocycles. The molecule has 16 aromatic rings. The van der Waals surface area contributed by atoms with Crippen LogP contribution in [0, 0.1) is 46.8 Å². The van der Waals surface area contributed by atoms with Gasteiger partial charge in [-0.25, -0.2) is 0 Å². The molecule has 0 atom stereocenters. The molecule has 12 aromatic carbocycles. The molecule has 16 rings (SSSR count). The molecule has 4 nitrogen and oxygen atoms in total. The van der Waals surface area contributed by atoms with Gasteiger partial charge in [0, 0.05) is 90.8 Å². The van der Waals surface area contributed by atoms with Crippen LogP contribution in [0.15, 0.2) is 276 Å². The fourth-order valence-corrected chi connectivity index (χ4v) is 14.5. The van der Waals surface area contributed by atoms with Gasteiger partial charge in [-0.2, -0.15) is 0 Å². The van der Waals surface area contributed by atoms with Crippen molar-refractivity contribution in [2.45, 2.75) is 60.8 Å². The molecule has 97 heavy (non-hydrogen) atoms. The predicted molar refractivity (Wildman–Crippen MR) is 396 cm³/mol. The molecular weight excluding hydrogens is 1540 g/mol. The molecular formula is C91H68Ir2N2O2-2. The Morgan fingerprint density at radius 1 is 0.320 bits per heavy atom. The van der Waals surface area contributed by atoms with Crippen molar-refractivity contribution in [3.8, 4) is 123 Å².